The van der Waals surface area contributed by atoms with Crippen LogP contribution in [0.15, 0.2) is 12.3 Å². The zero-order chi connectivity index (χ0) is 17.4. The van der Waals surface area contributed by atoms with E-state index in [0.717, 1.165) is 48.5 Å². The largest absolute Gasteiger partial charge is 0.336 e. The monoisotopic (exact) mass is 329 g/mol. The molecule has 0 saturated carbocycles. The third kappa shape index (κ3) is 3.02. The van der Waals surface area contributed by atoms with Gasteiger partial charge in [-0.2, -0.15) is 5.10 Å². The quantitative estimate of drug-likeness (QED) is 0.868. The maximum absolute atomic E-state index is 13.1. The smallest absolute Gasteiger partial charge is 0.254 e. The number of pyridine rings is 1. The van der Waals surface area contributed by atoms with Crippen LogP contribution in [0.2, 0.25) is 0 Å². The molecule has 0 spiro atoms. The number of aromatic nitrogens is 3. The Bertz CT molecular complexity index is 741. The van der Waals surface area contributed by atoms with E-state index in [2.05, 4.69) is 44.7 Å². The van der Waals surface area contributed by atoms with Crippen molar-refractivity contribution in [1.29, 1.82) is 0 Å². The average molecular weight is 329 g/mol. The number of piperazine rings is 1. The Morgan fingerprint density at radius 1 is 1.12 bits per heavy atom. The molecule has 6 heteroatoms. The molecule has 1 saturated heterocycles. The molecule has 0 bridgehead atoms. The topological polar surface area (TPSA) is 54.3 Å². The summed E-state index contributed by atoms with van der Waals surface area (Å²) < 4.78 is 1.90. The predicted molar refractivity (Wildman–Crippen MR) is 95.4 cm³/mol. The molecule has 1 amide bonds. The van der Waals surface area contributed by atoms with Crippen LogP contribution in [0.5, 0.6) is 0 Å². The number of carbonyl (C=O) groups excluding carboxylic acids is 1. The Balaban J connectivity index is 2.07. The fourth-order valence-electron chi connectivity index (χ4n) is 3.07. The van der Waals surface area contributed by atoms with E-state index < -0.39 is 0 Å². The second-order valence-electron chi connectivity index (χ2n) is 7.27. The molecule has 130 valence electrons. The Morgan fingerprint density at radius 2 is 1.79 bits per heavy atom. The molecule has 0 unspecified atom stereocenters. The van der Waals surface area contributed by atoms with Gasteiger partial charge >= 0.3 is 0 Å². The van der Waals surface area contributed by atoms with Crippen molar-refractivity contribution in [2.75, 3.05) is 33.2 Å². The van der Waals surface area contributed by atoms with Crippen LogP contribution < -0.4 is 0 Å². The average Bonchev–Trinajstić information content (AvgIpc) is 2.98. The number of rotatable bonds is 3. The molecule has 2 aromatic rings. The van der Waals surface area contributed by atoms with Crippen molar-refractivity contribution in [3.8, 4) is 0 Å². The molecule has 1 aliphatic heterocycles. The summed E-state index contributed by atoms with van der Waals surface area (Å²) in [6.45, 7) is 11.8. The van der Waals surface area contributed by atoms with Crippen LogP contribution in [-0.2, 0) is 0 Å². The fourth-order valence-corrected chi connectivity index (χ4v) is 3.07. The van der Waals surface area contributed by atoms with Gasteiger partial charge in [-0.25, -0.2) is 9.67 Å². The van der Waals surface area contributed by atoms with Crippen LogP contribution in [0, 0.1) is 0 Å². The molecule has 0 aliphatic carbocycles. The zero-order valence-electron chi connectivity index (χ0n) is 15.3. The lowest BCUT2D eigenvalue weighted by Crippen LogP contribution is -2.47. The Morgan fingerprint density at radius 3 is 2.38 bits per heavy atom. The maximum Gasteiger partial charge on any atom is 0.254 e. The van der Waals surface area contributed by atoms with Crippen LogP contribution in [0.1, 0.15) is 55.7 Å². The summed E-state index contributed by atoms with van der Waals surface area (Å²) in [5.74, 6) is 0.365. The summed E-state index contributed by atoms with van der Waals surface area (Å²) in [6.07, 6.45) is 1.79. The van der Waals surface area contributed by atoms with Crippen molar-refractivity contribution in [2.45, 2.75) is 39.7 Å². The molecule has 0 N–H and O–H groups in total. The molecule has 3 heterocycles. The second-order valence-corrected chi connectivity index (χ2v) is 7.27. The van der Waals surface area contributed by atoms with Crippen LogP contribution in [-0.4, -0.2) is 63.7 Å². The van der Waals surface area contributed by atoms with Crippen molar-refractivity contribution in [3.63, 3.8) is 0 Å². The van der Waals surface area contributed by atoms with E-state index in [1.807, 2.05) is 15.6 Å². The standard InChI is InChI=1S/C18H27N5O/c1-12(2)16-10-14(18(24)22-8-6-21(5)7-9-22)15-11-19-23(13(3)4)17(15)20-16/h10-13H,6-9H2,1-5H3. The van der Waals surface area contributed by atoms with Gasteiger partial charge in [-0.15, -0.1) is 0 Å². The molecular formula is C18H27N5O. The molecule has 2 aromatic heterocycles. The van der Waals surface area contributed by atoms with E-state index in [-0.39, 0.29) is 17.9 Å². The number of hydrogen-bond donors (Lipinski definition) is 0. The number of hydrogen-bond acceptors (Lipinski definition) is 4. The van der Waals surface area contributed by atoms with E-state index in [1.165, 1.54) is 0 Å². The summed E-state index contributed by atoms with van der Waals surface area (Å²) in [6, 6.07) is 2.17. The second kappa shape index (κ2) is 6.51. The van der Waals surface area contributed by atoms with Crippen LogP contribution in [0.4, 0.5) is 0 Å². The van der Waals surface area contributed by atoms with Gasteiger partial charge in [-0.05, 0) is 32.9 Å². The summed E-state index contributed by atoms with van der Waals surface area (Å²) in [4.78, 5) is 22.1. The highest BCUT2D eigenvalue weighted by atomic mass is 16.2. The summed E-state index contributed by atoms with van der Waals surface area (Å²) in [5, 5.41) is 5.33. The van der Waals surface area contributed by atoms with Gasteiger partial charge in [-0.3, -0.25) is 4.79 Å². The van der Waals surface area contributed by atoms with Crippen molar-refractivity contribution >= 4 is 16.9 Å². The minimum atomic E-state index is 0.0979. The number of amides is 1. The number of likely N-dealkylation sites (N-methyl/N-ethyl adjacent to an activating group) is 1. The normalized spacial score (nSPS) is 16.5. The van der Waals surface area contributed by atoms with E-state index in [0.29, 0.717) is 0 Å². The summed E-state index contributed by atoms with van der Waals surface area (Å²) in [5.41, 5.74) is 2.50. The Labute approximate surface area is 143 Å². The van der Waals surface area contributed by atoms with Gasteiger partial charge in [-0.1, -0.05) is 13.8 Å². The Hall–Kier alpha value is -1.95. The van der Waals surface area contributed by atoms with Gasteiger partial charge in [0.1, 0.15) is 0 Å². The van der Waals surface area contributed by atoms with E-state index in [1.54, 1.807) is 6.20 Å². The third-order valence-corrected chi connectivity index (χ3v) is 4.69. The lowest BCUT2D eigenvalue weighted by Gasteiger charge is -2.32. The minimum Gasteiger partial charge on any atom is -0.336 e. The van der Waals surface area contributed by atoms with Gasteiger partial charge in [0.05, 0.1) is 17.1 Å². The molecule has 3 rings (SSSR count). The minimum absolute atomic E-state index is 0.0979. The van der Waals surface area contributed by atoms with Crippen molar-refractivity contribution in [1.82, 2.24) is 24.6 Å². The molecule has 1 aliphatic rings. The predicted octanol–water partition coefficient (Wildman–Crippen LogP) is 2.52. The van der Waals surface area contributed by atoms with E-state index in [9.17, 15) is 4.79 Å². The first-order valence-electron chi connectivity index (χ1n) is 8.74. The van der Waals surface area contributed by atoms with Crippen LogP contribution in [0.25, 0.3) is 11.0 Å². The SMILES string of the molecule is CC(C)c1cc(C(=O)N2CCN(C)CC2)c2cnn(C(C)C)c2n1. The van der Waals surface area contributed by atoms with Crippen molar-refractivity contribution in [2.24, 2.45) is 0 Å². The molecule has 24 heavy (non-hydrogen) atoms. The lowest BCUT2D eigenvalue weighted by molar-refractivity contribution is 0.0666. The molecule has 0 radical (unpaired) electrons. The molecular weight excluding hydrogens is 302 g/mol. The third-order valence-electron chi connectivity index (χ3n) is 4.69. The van der Waals surface area contributed by atoms with Gasteiger partial charge in [0.25, 0.3) is 5.91 Å². The summed E-state index contributed by atoms with van der Waals surface area (Å²) >= 11 is 0. The maximum atomic E-state index is 13.1. The highest BCUT2D eigenvalue weighted by molar-refractivity contribution is 6.05. The number of carbonyl (C=O) groups is 1. The molecule has 6 nitrogen and oxygen atoms in total. The van der Waals surface area contributed by atoms with Gasteiger partial charge in [0, 0.05) is 37.9 Å². The van der Waals surface area contributed by atoms with Gasteiger partial charge in [0.15, 0.2) is 5.65 Å². The fraction of sp³-hybridized carbons (Fsp3) is 0.611. The number of fused-ring (bicyclic) bond motifs is 1. The number of nitrogens with zero attached hydrogens (tertiary/aromatic N) is 5. The Kier molecular flexibility index (Phi) is 4.58. The first-order chi connectivity index (χ1) is 11.4. The molecule has 1 fully saturated rings. The molecule has 0 atom stereocenters. The zero-order valence-corrected chi connectivity index (χ0v) is 15.3. The highest BCUT2D eigenvalue weighted by Gasteiger charge is 2.25. The first-order valence-corrected chi connectivity index (χ1v) is 8.74. The van der Waals surface area contributed by atoms with Crippen molar-refractivity contribution < 1.29 is 4.79 Å². The lowest BCUT2D eigenvalue weighted by atomic mass is 10.0. The first kappa shape index (κ1) is 16.9. The summed E-state index contributed by atoms with van der Waals surface area (Å²) in [7, 11) is 2.09. The molecule has 0 aromatic carbocycles. The highest BCUT2D eigenvalue weighted by Crippen LogP contribution is 2.25. The van der Waals surface area contributed by atoms with Crippen LogP contribution >= 0.6 is 0 Å². The van der Waals surface area contributed by atoms with Crippen LogP contribution in [0.3, 0.4) is 0 Å². The van der Waals surface area contributed by atoms with Crippen molar-refractivity contribution in [3.05, 3.63) is 23.5 Å². The van der Waals surface area contributed by atoms with E-state index >= 15 is 0 Å². The van der Waals surface area contributed by atoms with Gasteiger partial charge < -0.3 is 9.80 Å². The van der Waals surface area contributed by atoms with E-state index in [4.69, 9.17) is 4.98 Å². The van der Waals surface area contributed by atoms with Gasteiger partial charge in [0.2, 0.25) is 0 Å².